The van der Waals surface area contributed by atoms with E-state index in [2.05, 4.69) is 11.9 Å². The predicted molar refractivity (Wildman–Crippen MR) is 98.3 cm³/mol. The molecule has 0 N–H and O–H groups in total. The maximum atomic E-state index is 12.9. The second-order valence-electron chi connectivity index (χ2n) is 6.77. The van der Waals surface area contributed by atoms with Crippen LogP contribution in [0.25, 0.3) is 0 Å². The molecule has 1 aliphatic carbocycles. The number of amides is 1. The maximum absolute atomic E-state index is 12.9. The van der Waals surface area contributed by atoms with Gasteiger partial charge in [0.25, 0.3) is 0 Å². The van der Waals surface area contributed by atoms with E-state index in [1.165, 1.54) is 12.8 Å². The van der Waals surface area contributed by atoms with Crippen LogP contribution in [0.15, 0.2) is 48.7 Å². The molecular weight excluding hydrogens is 312 g/mol. The Balaban J connectivity index is 1.66. The van der Waals surface area contributed by atoms with E-state index in [4.69, 9.17) is 4.74 Å². The fourth-order valence-electron chi connectivity index (χ4n) is 3.14. The summed E-state index contributed by atoms with van der Waals surface area (Å²) in [5, 5.41) is 0. The third-order valence-corrected chi connectivity index (χ3v) is 4.95. The minimum Gasteiger partial charge on any atom is -0.497 e. The van der Waals surface area contributed by atoms with E-state index in [1.807, 2.05) is 47.4 Å². The van der Waals surface area contributed by atoms with Crippen molar-refractivity contribution in [2.45, 2.75) is 45.2 Å². The molecule has 2 aromatic rings. The largest absolute Gasteiger partial charge is 0.497 e. The molecule has 0 aliphatic heterocycles. The van der Waals surface area contributed by atoms with Crippen LogP contribution < -0.4 is 4.74 Å². The summed E-state index contributed by atoms with van der Waals surface area (Å²) in [6, 6.07) is 14.1. The average molecular weight is 338 g/mol. The fourth-order valence-corrected chi connectivity index (χ4v) is 3.14. The van der Waals surface area contributed by atoms with Gasteiger partial charge >= 0.3 is 0 Å². The highest BCUT2D eigenvalue weighted by Crippen LogP contribution is 2.36. The van der Waals surface area contributed by atoms with E-state index >= 15 is 0 Å². The highest BCUT2D eigenvalue weighted by atomic mass is 16.5. The van der Waals surface area contributed by atoms with Crippen molar-refractivity contribution < 1.29 is 9.53 Å². The second-order valence-corrected chi connectivity index (χ2v) is 6.77. The van der Waals surface area contributed by atoms with Crippen LogP contribution >= 0.6 is 0 Å². The van der Waals surface area contributed by atoms with Gasteiger partial charge < -0.3 is 9.64 Å². The smallest absolute Gasteiger partial charge is 0.223 e. The number of aromatic nitrogens is 1. The van der Waals surface area contributed by atoms with E-state index in [0.29, 0.717) is 31.3 Å². The molecule has 25 heavy (non-hydrogen) atoms. The first-order chi connectivity index (χ1) is 12.2. The number of methoxy groups -OCH3 is 1. The first-order valence-corrected chi connectivity index (χ1v) is 8.99. The van der Waals surface area contributed by atoms with E-state index in [0.717, 1.165) is 17.0 Å². The lowest BCUT2D eigenvalue weighted by atomic mass is 10.1. The zero-order chi connectivity index (χ0) is 17.6. The minimum absolute atomic E-state index is 0.209. The molecule has 0 radical (unpaired) electrons. The molecule has 1 aliphatic rings. The van der Waals surface area contributed by atoms with Crippen molar-refractivity contribution >= 4 is 5.91 Å². The first kappa shape index (κ1) is 17.5. The van der Waals surface area contributed by atoms with Crippen LogP contribution in [0.4, 0.5) is 0 Å². The molecule has 132 valence electrons. The molecule has 0 saturated heterocycles. The molecule has 1 amide bonds. The van der Waals surface area contributed by atoms with Crippen LogP contribution in [0.5, 0.6) is 5.75 Å². The van der Waals surface area contributed by atoms with Gasteiger partial charge in [0, 0.05) is 30.9 Å². The molecule has 0 unspecified atom stereocenters. The van der Waals surface area contributed by atoms with Crippen molar-refractivity contribution in [3.8, 4) is 5.75 Å². The molecule has 0 bridgehead atoms. The summed E-state index contributed by atoms with van der Waals surface area (Å²) < 4.78 is 5.22. The van der Waals surface area contributed by atoms with Gasteiger partial charge in [-0.25, -0.2) is 0 Å². The topological polar surface area (TPSA) is 42.4 Å². The summed E-state index contributed by atoms with van der Waals surface area (Å²) in [6.07, 6.45) is 5.43. The number of carbonyl (C=O) groups excluding carboxylic acids is 1. The standard InChI is InChI=1S/C21H26N2O2/c1-16(18-8-9-18)23(15-17-6-11-20(25-2)12-7-17)21(24)13-10-19-5-3-4-14-22-19/h3-7,11-12,14,16,18H,8-10,13,15H2,1-2H3/t16-/m0/s1. The maximum Gasteiger partial charge on any atom is 0.223 e. The van der Waals surface area contributed by atoms with Crippen molar-refractivity contribution in [2.24, 2.45) is 5.92 Å². The molecule has 1 atom stereocenters. The highest BCUT2D eigenvalue weighted by Gasteiger charge is 2.34. The van der Waals surface area contributed by atoms with Crippen LogP contribution in [-0.4, -0.2) is 28.9 Å². The summed E-state index contributed by atoms with van der Waals surface area (Å²) in [5.41, 5.74) is 2.11. The van der Waals surface area contributed by atoms with Gasteiger partial charge in [0.15, 0.2) is 0 Å². The number of rotatable bonds is 8. The Morgan fingerprint density at radius 1 is 1.24 bits per heavy atom. The normalized spacial score (nSPS) is 14.8. The molecular formula is C21H26N2O2. The van der Waals surface area contributed by atoms with E-state index in [1.54, 1.807) is 13.3 Å². The Hall–Kier alpha value is -2.36. The number of hydrogen-bond acceptors (Lipinski definition) is 3. The average Bonchev–Trinajstić information content (AvgIpc) is 3.50. The summed E-state index contributed by atoms with van der Waals surface area (Å²) in [7, 11) is 1.66. The summed E-state index contributed by atoms with van der Waals surface area (Å²) in [4.78, 5) is 19.3. The molecule has 0 spiro atoms. The number of pyridine rings is 1. The van der Waals surface area contributed by atoms with Crippen LogP contribution in [-0.2, 0) is 17.8 Å². The Morgan fingerprint density at radius 3 is 2.60 bits per heavy atom. The minimum atomic E-state index is 0.209. The number of carbonyl (C=O) groups is 1. The Kier molecular flexibility index (Phi) is 5.69. The Morgan fingerprint density at radius 2 is 2.00 bits per heavy atom. The van der Waals surface area contributed by atoms with Crippen LogP contribution in [0.2, 0.25) is 0 Å². The molecule has 3 rings (SSSR count). The monoisotopic (exact) mass is 338 g/mol. The number of benzene rings is 1. The van der Waals surface area contributed by atoms with Gasteiger partial charge in [0.1, 0.15) is 5.75 Å². The molecule has 4 heteroatoms. The molecule has 1 aromatic heterocycles. The van der Waals surface area contributed by atoms with E-state index in [-0.39, 0.29) is 5.91 Å². The van der Waals surface area contributed by atoms with Gasteiger partial charge in [0.05, 0.1) is 7.11 Å². The third-order valence-electron chi connectivity index (χ3n) is 4.95. The summed E-state index contributed by atoms with van der Waals surface area (Å²) >= 11 is 0. The van der Waals surface area contributed by atoms with Crippen molar-refractivity contribution in [2.75, 3.05) is 7.11 Å². The fraction of sp³-hybridized carbons (Fsp3) is 0.429. The number of hydrogen-bond donors (Lipinski definition) is 0. The Labute approximate surface area is 149 Å². The third kappa shape index (κ3) is 4.81. The van der Waals surface area contributed by atoms with E-state index in [9.17, 15) is 4.79 Å². The molecule has 1 heterocycles. The molecule has 4 nitrogen and oxygen atoms in total. The lowest BCUT2D eigenvalue weighted by Gasteiger charge is -2.30. The van der Waals surface area contributed by atoms with Gasteiger partial charge in [-0.1, -0.05) is 18.2 Å². The van der Waals surface area contributed by atoms with Crippen LogP contribution in [0.3, 0.4) is 0 Å². The van der Waals surface area contributed by atoms with Gasteiger partial charge in [-0.2, -0.15) is 0 Å². The zero-order valence-electron chi connectivity index (χ0n) is 15.0. The SMILES string of the molecule is COc1ccc(CN(C(=O)CCc2ccccn2)[C@@H](C)C2CC2)cc1. The number of aryl methyl sites for hydroxylation is 1. The highest BCUT2D eigenvalue weighted by molar-refractivity contribution is 5.76. The molecule has 1 aromatic carbocycles. The van der Waals surface area contributed by atoms with Gasteiger partial charge in [-0.05, 0) is 61.9 Å². The van der Waals surface area contributed by atoms with Gasteiger partial charge in [0.2, 0.25) is 5.91 Å². The summed E-state index contributed by atoms with van der Waals surface area (Å²) in [5.74, 6) is 1.70. The van der Waals surface area contributed by atoms with Crippen LogP contribution in [0.1, 0.15) is 37.4 Å². The van der Waals surface area contributed by atoms with Crippen molar-refractivity contribution in [1.82, 2.24) is 9.88 Å². The Bertz CT molecular complexity index is 681. The zero-order valence-corrected chi connectivity index (χ0v) is 15.0. The predicted octanol–water partition coefficient (Wildman–Crippen LogP) is 3.85. The van der Waals surface area contributed by atoms with Crippen LogP contribution in [0, 0.1) is 5.92 Å². The lowest BCUT2D eigenvalue weighted by molar-refractivity contribution is -0.134. The van der Waals surface area contributed by atoms with E-state index < -0.39 is 0 Å². The van der Waals surface area contributed by atoms with Crippen molar-refractivity contribution in [3.05, 3.63) is 59.9 Å². The van der Waals surface area contributed by atoms with Crippen molar-refractivity contribution in [3.63, 3.8) is 0 Å². The second kappa shape index (κ2) is 8.15. The summed E-state index contributed by atoms with van der Waals surface area (Å²) in [6.45, 7) is 2.84. The number of nitrogens with zero attached hydrogens (tertiary/aromatic N) is 2. The van der Waals surface area contributed by atoms with Crippen molar-refractivity contribution in [1.29, 1.82) is 0 Å². The first-order valence-electron chi connectivity index (χ1n) is 8.99. The van der Waals surface area contributed by atoms with Gasteiger partial charge in [-0.15, -0.1) is 0 Å². The molecule has 1 saturated carbocycles. The lowest BCUT2D eigenvalue weighted by Crippen LogP contribution is -2.39. The number of ether oxygens (including phenoxy) is 1. The molecule has 1 fully saturated rings. The quantitative estimate of drug-likeness (QED) is 0.734. The van der Waals surface area contributed by atoms with Gasteiger partial charge in [-0.3, -0.25) is 9.78 Å².